The lowest BCUT2D eigenvalue weighted by Crippen LogP contribution is -2.32. The highest BCUT2D eigenvalue weighted by Gasteiger charge is 2.43. The standard InChI is InChI=1S/C19H27N.C13H20.C6H14O/c1-5-7-14-20-15-19(13-6-2,16(3)17(20)4)18-11-9-8-10-12-18;1-3-8-12(9-4-2)13-10-6-5-7-11-13;1-3-5-7-6-4-2/h8-12H,3-7,13-15H2,1-2H3;5-7,10-12H,3-4,8-9H2,1-2H3;3-6H2,1-2H3. The highest BCUT2D eigenvalue weighted by Crippen LogP contribution is 2.46. The molecule has 40 heavy (non-hydrogen) atoms. The summed E-state index contributed by atoms with van der Waals surface area (Å²) < 4.78 is 5.13. The van der Waals surface area contributed by atoms with Crippen LogP contribution < -0.4 is 0 Å². The zero-order valence-electron chi connectivity index (χ0n) is 27.0. The van der Waals surface area contributed by atoms with Crippen LogP contribution in [0.4, 0.5) is 0 Å². The van der Waals surface area contributed by atoms with Gasteiger partial charge < -0.3 is 9.64 Å². The Morgan fingerprint density at radius 2 is 1.27 bits per heavy atom. The van der Waals surface area contributed by atoms with E-state index in [4.69, 9.17) is 4.74 Å². The van der Waals surface area contributed by atoms with E-state index in [9.17, 15) is 0 Å². The molecule has 0 bridgehead atoms. The third-order valence-electron chi connectivity index (χ3n) is 7.80. The molecule has 1 aliphatic heterocycles. The van der Waals surface area contributed by atoms with E-state index in [2.05, 4.69) is 120 Å². The number of allylic oxidation sites excluding steroid dienone is 1. The van der Waals surface area contributed by atoms with Crippen molar-refractivity contribution >= 4 is 0 Å². The fourth-order valence-electron chi connectivity index (χ4n) is 5.66. The van der Waals surface area contributed by atoms with Gasteiger partial charge in [0.15, 0.2) is 0 Å². The van der Waals surface area contributed by atoms with Crippen molar-refractivity contribution in [1.82, 2.24) is 4.90 Å². The first-order chi connectivity index (χ1) is 19.4. The molecule has 1 fully saturated rings. The van der Waals surface area contributed by atoms with Crippen LogP contribution in [0, 0.1) is 0 Å². The van der Waals surface area contributed by atoms with E-state index in [1.165, 1.54) is 61.6 Å². The van der Waals surface area contributed by atoms with Crippen LogP contribution in [0.2, 0.25) is 0 Å². The summed E-state index contributed by atoms with van der Waals surface area (Å²) in [6, 6.07) is 21.8. The molecule has 1 saturated heterocycles. The van der Waals surface area contributed by atoms with Gasteiger partial charge in [0.05, 0.1) is 0 Å². The Balaban J connectivity index is 0.000000343. The van der Waals surface area contributed by atoms with Gasteiger partial charge in [-0.3, -0.25) is 0 Å². The van der Waals surface area contributed by atoms with E-state index in [1.807, 2.05) is 0 Å². The first kappa shape index (κ1) is 35.7. The minimum atomic E-state index is 0.0703. The molecule has 2 nitrogen and oxygen atoms in total. The zero-order valence-corrected chi connectivity index (χ0v) is 27.0. The van der Waals surface area contributed by atoms with Crippen LogP contribution in [0.1, 0.15) is 123 Å². The molecule has 2 aromatic rings. The Morgan fingerprint density at radius 3 is 1.75 bits per heavy atom. The number of benzene rings is 2. The summed E-state index contributed by atoms with van der Waals surface area (Å²) in [7, 11) is 0. The molecule has 1 unspecified atom stereocenters. The molecule has 3 rings (SSSR count). The molecular formula is C38H61NO. The lowest BCUT2D eigenvalue weighted by atomic mass is 9.73. The van der Waals surface area contributed by atoms with Crippen LogP contribution in [0.15, 0.2) is 85.1 Å². The summed E-state index contributed by atoms with van der Waals surface area (Å²) in [5.74, 6) is 0.788. The van der Waals surface area contributed by atoms with E-state index in [0.29, 0.717) is 0 Å². The molecule has 0 saturated carbocycles. The van der Waals surface area contributed by atoms with Crippen molar-refractivity contribution in [3.63, 3.8) is 0 Å². The largest absolute Gasteiger partial charge is 0.381 e. The van der Waals surface area contributed by atoms with Gasteiger partial charge >= 0.3 is 0 Å². The summed E-state index contributed by atoms with van der Waals surface area (Å²) in [5.41, 5.74) is 5.36. The molecule has 1 atom stereocenters. The molecule has 2 aromatic carbocycles. The van der Waals surface area contributed by atoms with Gasteiger partial charge in [-0.15, -0.1) is 0 Å². The van der Waals surface area contributed by atoms with Gasteiger partial charge in [-0.1, -0.05) is 141 Å². The van der Waals surface area contributed by atoms with Gasteiger partial charge in [-0.25, -0.2) is 0 Å². The van der Waals surface area contributed by atoms with Gasteiger partial charge in [0.2, 0.25) is 0 Å². The molecule has 2 heteroatoms. The summed E-state index contributed by atoms with van der Waals surface area (Å²) >= 11 is 0. The second-order valence-corrected chi connectivity index (χ2v) is 11.2. The number of nitrogens with zero attached hydrogens (tertiary/aromatic N) is 1. The van der Waals surface area contributed by atoms with Crippen LogP contribution in [-0.2, 0) is 10.2 Å². The number of unbranched alkanes of at least 4 members (excludes halogenated alkanes) is 1. The van der Waals surface area contributed by atoms with Gasteiger partial charge in [0.1, 0.15) is 0 Å². The molecule has 0 amide bonds. The van der Waals surface area contributed by atoms with Gasteiger partial charge in [0, 0.05) is 37.4 Å². The number of rotatable bonds is 15. The highest BCUT2D eigenvalue weighted by molar-refractivity contribution is 5.49. The minimum Gasteiger partial charge on any atom is -0.381 e. The molecule has 0 aliphatic carbocycles. The fraction of sp³-hybridized carbons (Fsp3) is 0.579. The van der Waals surface area contributed by atoms with Crippen LogP contribution >= 0.6 is 0 Å². The van der Waals surface area contributed by atoms with Crippen LogP contribution in [0.3, 0.4) is 0 Å². The lowest BCUT2D eigenvalue weighted by Gasteiger charge is -2.30. The number of likely N-dealkylation sites (tertiary alicyclic amines) is 1. The van der Waals surface area contributed by atoms with Crippen LogP contribution in [-0.4, -0.2) is 31.2 Å². The normalized spacial score (nSPS) is 16.4. The molecule has 0 radical (unpaired) electrons. The Bertz CT molecular complexity index is 896. The molecule has 0 N–H and O–H groups in total. The van der Waals surface area contributed by atoms with Crippen molar-refractivity contribution in [2.45, 2.75) is 117 Å². The second-order valence-electron chi connectivity index (χ2n) is 11.2. The zero-order chi connectivity index (χ0) is 29.6. The Kier molecular flexibility index (Phi) is 19.1. The summed E-state index contributed by atoms with van der Waals surface area (Å²) in [6.07, 6.45) is 12.3. The summed E-state index contributed by atoms with van der Waals surface area (Å²) in [4.78, 5) is 2.44. The predicted octanol–water partition coefficient (Wildman–Crippen LogP) is 11.1. The van der Waals surface area contributed by atoms with E-state index in [1.54, 1.807) is 0 Å². The molecular weight excluding hydrogens is 486 g/mol. The highest BCUT2D eigenvalue weighted by atomic mass is 16.5. The van der Waals surface area contributed by atoms with Crippen molar-refractivity contribution < 1.29 is 4.74 Å². The Morgan fingerprint density at radius 1 is 0.725 bits per heavy atom. The van der Waals surface area contributed by atoms with Crippen molar-refractivity contribution in [2.24, 2.45) is 0 Å². The van der Waals surface area contributed by atoms with Crippen LogP contribution in [0.5, 0.6) is 0 Å². The molecule has 224 valence electrons. The van der Waals surface area contributed by atoms with Gasteiger partial charge in [-0.2, -0.15) is 0 Å². The summed E-state index contributed by atoms with van der Waals surface area (Å²) in [5, 5.41) is 0. The Labute approximate surface area is 248 Å². The first-order valence-electron chi connectivity index (χ1n) is 16.3. The first-order valence-corrected chi connectivity index (χ1v) is 16.3. The molecule has 0 aromatic heterocycles. The van der Waals surface area contributed by atoms with Crippen molar-refractivity contribution in [1.29, 1.82) is 0 Å². The van der Waals surface area contributed by atoms with E-state index < -0.39 is 0 Å². The number of hydrogen-bond donors (Lipinski definition) is 0. The summed E-state index contributed by atoms with van der Waals surface area (Å²) in [6.45, 7) is 26.0. The van der Waals surface area contributed by atoms with Gasteiger partial charge in [-0.05, 0) is 61.1 Å². The maximum absolute atomic E-state index is 5.13. The van der Waals surface area contributed by atoms with Gasteiger partial charge in [0.25, 0.3) is 0 Å². The fourth-order valence-corrected chi connectivity index (χ4v) is 5.66. The topological polar surface area (TPSA) is 12.5 Å². The number of hydrogen-bond acceptors (Lipinski definition) is 2. The second kappa shape index (κ2) is 21.4. The monoisotopic (exact) mass is 547 g/mol. The predicted molar refractivity (Wildman–Crippen MR) is 178 cm³/mol. The molecule has 1 heterocycles. The smallest absolute Gasteiger partial charge is 0.0463 e. The average Bonchev–Trinajstić information content (AvgIpc) is 3.23. The van der Waals surface area contributed by atoms with Crippen molar-refractivity contribution in [3.8, 4) is 0 Å². The minimum absolute atomic E-state index is 0.0703. The molecule has 0 spiro atoms. The maximum atomic E-state index is 5.13. The van der Waals surface area contributed by atoms with E-state index in [-0.39, 0.29) is 5.41 Å². The van der Waals surface area contributed by atoms with E-state index in [0.717, 1.165) is 57.2 Å². The SMILES string of the molecule is C=C1C(=C)C(CCC)(c2ccccc2)CN1CCCC.CCCC(CCC)c1ccccc1.CCCOCCC. The Hall–Kier alpha value is -2.32. The molecule has 1 aliphatic rings. The quantitative estimate of drug-likeness (QED) is 0.206. The average molecular weight is 548 g/mol. The maximum Gasteiger partial charge on any atom is 0.0463 e. The van der Waals surface area contributed by atoms with E-state index >= 15 is 0 Å². The number of ether oxygens (including phenoxy) is 1. The van der Waals surface area contributed by atoms with Crippen molar-refractivity contribution in [3.05, 3.63) is 96.2 Å². The third kappa shape index (κ3) is 11.7. The third-order valence-corrected chi connectivity index (χ3v) is 7.80. The van der Waals surface area contributed by atoms with Crippen molar-refractivity contribution in [2.75, 3.05) is 26.3 Å². The lowest BCUT2D eigenvalue weighted by molar-refractivity contribution is 0.135. The van der Waals surface area contributed by atoms with Crippen LogP contribution in [0.25, 0.3) is 0 Å².